The van der Waals surface area contributed by atoms with Crippen LogP contribution in [-0.4, -0.2) is 30.4 Å². The number of hydrogen-bond acceptors (Lipinski definition) is 2. The number of rotatable bonds is 6. The van der Waals surface area contributed by atoms with Crippen LogP contribution in [0, 0.1) is 11.8 Å². The van der Waals surface area contributed by atoms with E-state index >= 15 is 0 Å². The molecule has 1 atom stereocenters. The average molecular weight is 198 g/mol. The third-order valence-corrected chi connectivity index (χ3v) is 2.83. The molecule has 82 valence electrons. The van der Waals surface area contributed by atoms with Crippen LogP contribution in [0.2, 0.25) is 0 Å². The molecule has 1 amide bonds. The Kier molecular flexibility index (Phi) is 4.39. The number of carbonyl (C=O) groups is 1. The van der Waals surface area contributed by atoms with Crippen LogP contribution in [-0.2, 0) is 4.79 Å². The van der Waals surface area contributed by atoms with Gasteiger partial charge in [0.05, 0.1) is 0 Å². The van der Waals surface area contributed by atoms with Gasteiger partial charge in [-0.2, -0.15) is 0 Å². The van der Waals surface area contributed by atoms with Crippen molar-refractivity contribution in [1.82, 2.24) is 4.90 Å². The van der Waals surface area contributed by atoms with Gasteiger partial charge in [-0.15, -0.1) is 0 Å². The number of nitrogens with two attached hydrogens (primary N) is 1. The zero-order valence-electron chi connectivity index (χ0n) is 9.33. The van der Waals surface area contributed by atoms with Gasteiger partial charge in [-0.05, 0) is 38.1 Å². The molecular formula is C11H22N2O. The summed E-state index contributed by atoms with van der Waals surface area (Å²) in [6.07, 6.45) is 3.25. The van der Waals surface area contributed by atoms with E-state index in [9.17, 15) is 4.79 Å². The molecule has 0 aromatic rings. The molecule has 2 N–H and O–H groups in total. The van der Waals surface area contributed by atoms with Gasteiger partial charge in [-0.3, -0.25) is 4.79 Å². The van der Waals surface area contributed by atoms with Gasteiger partial charge in [0.2, 0.25) is 5.91 Å². The molecule has 0 aromatic heterocycles. The molecule has 0 heterocycles. The Labute approximate surface area is 86.6 Å². The Balaban J connectivity index is 2.30. The van der Waals surface area contributed by atoms with Crippen molar-refractivity contribution >= 4 is 5.91 Å². The topological polar surface area (TPSA) is 46.3 Å². The summed E-state index contributed by atoms with van der Waals surface area (Å²) >= 11 is 0. The molecule has 1 aliphatic carbocycles. The molecule has 0 aliphatic heterocycles. The minimum atomic E-state index is 0.315. The van der Waals surface area contributed by atoms with Crippen LogP contribution in [0.1, 0.15) is 33.1 Å². The molecule has 0 spiro atoms. The summed E-state index contributed by atoms with van der Waals surface area (Å²) in [4.78, 5) is 13.7. The molecule has 3 nitrogen and oxygen atoms in total. The lowest BCUT2D eigenvalue weighted by atomic mass is 10.1. The largest absolute Gasteiger partial charge is 0.343 e. The molecule has 3 heteroatoms. The highest BCUT2D eigenvalue weighted by Crippen LogP contribution is 2.32. The number of amides is 1. The fourth-order valence-corrected chi connectivity index (χ4v) is 1.56. The van der Waals surface area contributed by atoms with E-state index in [-0.39, 0.29) is 0 Å². The van der Waals surface area contributed by atoms with Crippen LogP contribution in [0.4, 0.5) is 0 Å². The molecule has 0 aromatic carbocycles. The number of hydrogen-bond donors (Lipinski definition) is 1. The Morgan fingerprint density at radius 3 is 2.64 bits per heavy atom. The van der Waals surface area contributed by atoms with Crippen molar-refractivity contribution in [2.75, 3.05) is 19.6 Å². The van der Waals surface area contributed by atoms with Crippen molar-refractivity contribution < 1.29 is 4.79 Å². The third kappa shape index (κ3) is 3.66. The zero-order chi connectivity index (χ0) is 10.6. The average Bonchev–Trinajstić information content (AvgIpc) is 2.97. The quantitative estimate of drug-likeness (QED) is 0.697. The standard InChI is InChI=1S/C11H22N2O/c1-3-13(8-9(2)7-12)11(14)6-10-4-5-10/h9-10H,3-8,12H2,1-2H3. The molecule has 0 radical (unpaired) electrons. The first-order chi connectivity index (χ1) is 6.67. The molecule has 1 rings (SSSR count). The minimum absolute atomic E-state index is 0.315. The fourth-order valence-electron chi connectivity index (χ4n) is 1.56. The molecule has 1 unspecified atom stereocenters. The fraction of sp³-hybridized carbons (Fsp3) is 0.909. The van der Waals surface area contributed by atoms with Crippen LogP contribution in [0.3, 0.4) is 0 Å². The second kappa shape index (κ2) is 5.35. The Morgan fingerprint density at radius 2 is 2.21 bits per heavy atom. The van der Waals surface area contributed by atoms with Gasteiger partial charge < -0.3 is 10.6 Å². The third-order valence-electron chi connectivity index (χ3n) is 2.83. The highest BCUT2D eigenvalue weighted by molar-refractivity contribution is 5.76. The van der Waals surface area contributed by atoms with E-state index < -0.39 is 0 Å². The van der Waals surface area contributed by atoms with Gasteiger partial charge in [0.1, 0.15) is 0 Å². The van der Waals surface area contributed by atoms with E-state index in [0.717, 1.165) is 19.5 Å². The molecular weight excluding hydrogens is 176 g/mol. The van der Waals surface area contributed by atoms with Gasteiger partial charge in [0.25, 0.3) is 0 Å². The van der Waals surface area contributed by atoms with Crippen LogP contribution < -0.4 is 5.73 Å². The highest BCUT2D eigenvalue weighted by Gasteiger charge is 2.26. The SMILES string of the molecule is CCN(CC(C)CN)C(=O)CC1CC1. The lowest BCUT2D eigenvalue weighted by Crippen LogP contribution is -2.36. The van der Waals surface area contributed by atoms with E-state index in [1.807, 2.05) is 11.8 Å². The van der Waals surface area contributed by atoms with Crippen molar-refractivity contribution in [3.05, 3.63) is 0 Å². The predicted octanol–water partition coefficient (Wildman–Crippen LogP) is 1.23. The van der Waals surface area contributed by atoms with Crippen LogP contribution in [0.15, 0.2) is 0 Å². The lowest BCUT2D eigenvalue weighted by molar-refractivity contribution is -0.131. The summed E-state index contributed by atoms with van der Waals surface area (Å²) in [5.41, 5.74) is 5.55. The summed E-state index contributed by atoms with van der Waals surface area (Å²) in [7, 11) is 0. The van der Waals surface area contributed by atoms with E-state index in [1.165, 1.54) is 12.8 Å². The Bertz CT molecular complexity index is 190. The minimum Gasteiger partial charge on any atom is -0.343 e. The smallest absolute Gasteiger partial charge is 0.222 e. The second-order valence-electron chi connectivity index (χ2n) is 4.42. The maximum absolute atomic E-state index is 11.8. The molecule has 1 saturated carbocycles. The zero-order valence-corrected chi connectivity index (χ0v) is 9.33. The number of carbonyl (C=O) groups excluding carboxylic acids is 1. The molecule has 1 aliphatic rings. The van der Waals surface area contributed by atoms with Crippen molar-refractivity contribution in [3.8, 4) is 0 Å². The molecule has 1 fully saturated rings. The van der Waals surface area contributed by atoms with Gasteiger partial charge >= 0.3 is 0 Å². The molecule has 14 heavy (non-hydrogen) atoms. The van der Waals surface area contributed by atoms with Crippen LogP contribution in [0.25, 0.3) is 0 Å². The normalized spacial score (nSPS) is 17.9. The van der Waals surface area contributed by atoms with Gasteiger partial charge in [0.15, 0.2) is 0 Å². The summed E-state index contributed by atoms with van der Waals surface area (Å²) in [6.45, 7) is 6.42. The van der Waals surface area contributed by atoms with E-state index in [1.54, 1.807) is 0 Å². The predicted molar refractivity (Wildman–Crippen MR) is 57.8 cm³/mol. The van der Waals surface area contributed by atoms with Crippen molar-refractivity contribution in [1.29, 1.82) is 0 Å². The maximum atomic E-state index is 11.8. The van der Waals surface area contributed by atoms with Crippen LogP contribution >= 0.6 is 0 Å². The highest BCUT2D eigenvalue weighted by atomic mass is 16.2. The van der Waals surface area contributed by atoms with E-state index in [0.29, 0.717) is 24.3 Å². The number of nitrogens with zero attached hydrogens (tertiary/aromatic N) is 1. The lowest BCUT2D eigenvalue weighted by Gasteiger charge is -2.24. The van der Waals surface area contributed by atoms with Crippen molar-refractivity contribution in [3.63, 3.8) is 0 Å². The monoisotopic (exact) mass is 198 g/mol. The van der Waals surface area contributed by atoms with Gasteiger partial charge in [0, 0.05) is 19.5 Å². The summed E-state index contributed by atoms with van der Waals surface area (Å²) in [5, 5.41) is 0. The molecule has 0 saturated heterocycles. The Morgan fingerprint density at radius 1 is 1.57 bits per heavy atom. The van der Waals surface area contributed by atoms with Gasteiger partial charge in [-0.25, -0.2) is 0 Å². The van der Waals surface area contributed by atoms with E-state index in [2.05, 4.69) is 6.92 Å². The maximum Gasteiger partial charge on any atom is 0.222 e. The van der Waals surface area contributed by atoms with Crippen molar-refractivity contribution in [2.45, 2.75) is 33.1 Å². The second-order valence-corrected chi connectivity index (χ2v) is 4.42. The van der Waals surface area contributed by atoms with Crippen LogP contribution in [0.5, 0.6) is 0 Å². The van der Waals surface area contributed by atoms with Crippen molar-refractivity contribution in [2.24, 2.45) is 17.6 Å². The molecule has 0 bridgehead atoms. The first-order valence-corrected chi connectivity index (χ1v) is 5.65. The summed E-state index contributed by atoms with van der Waals surface area (Å²) < 4.78 is 0. The van der Waals surface area contributed by atoms with Gasteiger partial charge in [-0.1, -0.05) is 6.92 Å². The Hall–Kier alpha value is -0.570. The first kappa shape index (κ1) is 11.5. The van der Waals surface area contributed by atoms with E-state index in [4.69, 9.17) is 5.73 Å². The summed E-state index contributed by atoms with van der Waals surface area (Å²) in [6, 6.07) is 0. The summed E-state index contributed by atoms with van der Waals surface area (Å²) in [5.74, 6) is 1.41. The first-order valence-electron chi connectivity index (χ1n) is 5.65.